The van der Waals surface area contributed by atoms with Crippen molar-refractivity contribution in [1.82, 2.24) is 10.3 Å². The van der Waals surface area contributed by atoms with E-state index in [4.69, 9.17) is 4.74 Å². The molecule has 0 spiro atoms. The molecule has 3 aromatic rings. The first kappa shape index (κ1) is 23.1. The Morgan fingerprint density at radius 1 is 1.00 bits per heavy atom. The molecule has 3 rings (SSSR count). The number of pyridine rings is 1. The van der Waals surface area contributed by atoms with Crippen molar-refractivity contribution < 1.29 is 27.5 Å². The average molecular weight is 509 g/mol. The van der Waals surface area contributed by atoms with Crippen molar-refractivity contribution in [3.63, 3.8) is 0 Å². The highest BCUT2D eigenvalue weighted by atomic mass is 79.9. The molecule has 3 amide bonds. The molecule has 3 N–H and O–H groups in total. The van der Waals surface area contributed by atoms with E-state index in [-0.39, 0.29) is 21.6 Å². The fourth-order valence-corrected chi connectivity index (χ4v) is 3.08. The molecule has 0 aliphatic heterocycles. The lowest BCUT2D eigenvalue weighted by Crippen LogP contribution is -2.20. The largest absolute Gasteiger partial charge is 0.455 e. The number of amides is 3. The molecular formula is C21H16BrF3N4O3. The minimum absolute atomic E-state index is 0.0173. The standard InChI is InChI=1S/C21H16BrF3N4O3/c1-26-19(30)18-17(3-2-10-27-18)32-14-7-4-12(5-8-14)28-20(31)29-13-6-9-16(22)15(11-13)21(23,24)25/h2-11H,1H3,(H,26,30)(H2,28,29,31). The molecule has 0 radical (unpaired) electrons. The minimum atomic E-state index is -4.56. The second-order valence-electron chi connectivity index (χ2n) is 6.33. The second-order valence-corrected chi connectivity index (χ2v) is 7.18. The number of alkyl halides is 3. The van der Waals surface area contributed by atoms with Crippen LogP contribution in [0.15, 0.2) is 65.3 Å². The third kappa shape index (κ3) is 5.76. The van der Waals surface area contributed by atoms with Crippen LogP contribution in [0.2, 0.25) is 0 Å². The van der Waals surface area contributed by atoms with Gasteiger partial charge >= 0.3 is 12.2 Å². The Kier molecular flexibility index (Phi) is 6.98. The van der Waals surface area contributed by atoms with Crippen LogP contribution >= 0.6 is 15.9 Å². The summed E-state index contributed by atoms with van der Waals surface area (Å²) >= 11 is 2.85. The molecular weight excluding hydrogens is 493 g/mol. The number of ether oxygens (including phenoxy) is 1. The molecule has 0 saturated carbocycles. The maximum atomic E-state index is 13.0. The van der Waals surface area contributed by atoms with E-state index < -0.39 is 23.7 Å². The molecule has 0 bridgehead atoms. The van der Waals surface area contributed by atoms with Crippen LogP contribution in [0.4, 0.5) is 29.3 Å². The van der Waals surface area contributed by atoms with Gasteiger partial charge in [-0.05, 0) is 54.6 Å². The van der Waals surface area contributed by atoms with Crippen LogP contribution in [0.1, 0.15) is 16.1 Å². The summed E-state index contributed by atoms with van der Waals surface area (Å²) in [6, 6.07) is 12.0. The number of aromatic nitrogens is 1. The van der Waals surface area contributed by atoms with E-state index in [9.17, 15) is 22.8 Å². The fourth-order valence-electron chi connectivity index (χ4n) is 2.61. The second kappa shape index (κ2) is 9.69. The Morgan fingerprint density at radius 2 is 1.66 bits per heavy atom. The van der Waals surface area contributed by atoms with E-state index in [1.807, 2.05) is 0 Å². The highest BCUT2D eigenvalue weighted by Gasteiger charge is 2.33. The van der Waals surface area contributed by atoms with Crippen LogP contribution in [0.25, 0.3) is 0 Å². The Morgan fingerprint density at radius 3 is 2.31 bits per heavy atom. The van der Waals surface area contributed by atoms with E-state index >= 15 is 0 Å². The van der Waals surface area contributed by atoms with Gasteiger partial charge in [-0.25, -0.2) is 9.78 Å². The van der Waals surface area contributed by atoms with E-state index in [0.29, 0.717) is 11.4 Å². The first-order valence-electron chi connectivity index (χ1n) is 9.07. The van der Waals surface area contributed by atoms with Crippen molar-refractivity contribution in [2.24, 2.45) is 0 Å². The highest BCUT2D eigenvalue weighted by molar-refractivity contribution is 9.10. The van der Waals surface area contributed by atoms with Gasteiger partial charge < -0.3 is 20.7 Å². The Balaban J connectivity index is 1.65. The number of benzene rings is 2. The summed E-state index contributed by atoms with van der Waals surface area (Å²) in [6.45, 7) is 0. The van der Waals surface area contributed by atoms with Crippen LogP contribution in [-0.2, 0) is 6.18 Å². The van der Waals surface area contributed by atoms with Crippen molar-refractivity contribution in [1.29, 1.82) is 0 Å². The summed E-state index contributed by atoms with van der Waals surface area (Å²) in [5.41, 5.74) is -0.426. The molecule has 0 unspecified atom stereocenters. The van der Waals surface area contributed by atoms with Gasteiger partial charge in [0.15, 0.2) is 11.4 Å². The maximum Gasteiger partial charge on any atom is 0.417 e. The number of urea groups is 1. The normalized spacial score (nSPS) is 10.9. The Labute approximate surface area is 189 Å². The molecule has 0 saturated heterocycles. The summed E-state index contributed by atoms with van der Waals surface area (Å²) < 4.78 is 44.6. The number of carbonyl (C=O) groups is 2. The van der Waals surface area contributed by atoms with Gasteiger partial charge in [-0.15, -0.1) is 0 Å². The summed E-state index contributed by atoms with van der Waals surface area (Å²) in [4.78, 5) is 28.0. The van der Waals surface area contributed by atoms with Crippen molar-refractivity contribution >= 4 is 39.2 Å². The Bertz CT molecular complexity index is 1140. The lowest BCUT2D eigenvalue weighted by Gasteiger charge is -2.13. The van der Waals surface area contributed by atoms with E-state index in [0.717, 1.165) is 6.07 Å². The predicted molar refractivity (Wildman–Crippen MR) is 116 cm³/mol. The van der Waals surface area contributed by atoms with E-state index in [2.05, 4.69) is 36.9 Å². The number of nitrogens with zero attached hydrogens (tertiary/aromatic N) is 1. The molecule has 0 atom stereocenters. The first-order valence-corrected chi connectivity index (χ1v) is 9.86. The quantitative estimate of drug-likeness (QED) is 0.414. The van der Waals surface area contributed by atoms with Crippen LogP contribution in [0.5, 0.6) is 11.5 Å². The van der Waals surface area contributed by atoms with Crippen molar-refractivity contribution in [2.45, 2.75) is 6.18 Å². The molecule has 1 heterocycles. The van der Waals surface area contributed by atoms with E-state index in [1.54, 1.807) is 24.3 Å². The number of rotatable bonds is 5. The van der Waals surface area contributed by atoms with Crippen LogP contribution in [-0.4, -0.2) is 24.0 Å². The van der Waals surface area contributed by atoms with Crippen LogP contribution in [0.3, 0.4) is 0 Å². The zero-order chi connectivity index (χ0) is 23.3. The van der Waals surface area contributed by atoms with Gasteiger partial charge in [-0.1, -0.05) is 15.9 Å². The molecule has 0 aliphatic carbocycles. The molecule has 166 valence electrons. The summed E-state index contributed by atoms with van der Waals surface area (Å²) in [7, 11) is 1.48. The van der Waals surface area contributed by atoms with Gasteiger partial charge in [0.2, 0.25) is 0 Å². The zero-order valence-electron chi connectivity index (χ0n) is 16.5. The first-order chi connectivity index (χ1) is 15.2. The monoisotopic (exact) mass is 508 g/mol. The average Bonchev–Trinajstić information content (AvgIpc) is 2.75. The summed E-state index contributed by atoms with van der Waals surface area (Å²) in [6.07, 6.45) is -3.10. The Hall–Kier alpha value is -3.60. The number of nitrogens with one attached hydrogen (secondary N) is 3. The zero-order valence-corrected chi connectivity index (χ0v) is 18.0. The SMILES string of the molecule is CNC(=O)c1ncccc1Oc1ccc(NC(=O)Nc2ccc(Br)c(C(F)(F)F)c2)cc1. The molecule has 32 heavy (non-hydrogen) atoms. The third-order valence-electron chi connectivity index (χ3n) is 4.08. The number of anilines is 2. The van der Waals surface area contributed by atoms with Gasteiger partial charge in [0.25, 0.3) is 5.91 Å². The predicted octanol–water partition coefficient (Wildman–Crippen LogP) is 5.66. The van der Waals surface area contributed by atoms with E-state index in [1.165, 1.54) is 37.5 Å². The lowest BCUT2D eigenvalue weighted by atomic mass is 10.2. The van der Waals surface area contributed by atoms with Gasteiger partial charge in [0.05, 0.1) is 5.56 Å². The van der Waals surface area contributed by atoms with Gasteiger partial charge in [-0.2, -0.15) is 13.2 Å². The summed E-state index contributed by atoms with van der Waals surface area (Å²) in [5, 5.41) is 7.35. The maximum absolute atomic E-state index is 13.0. The van der Waals surface area contributed by atoms with Gasteiger partial charge in [0.1, 0.15) is 5.75 Å². The highest BCUT2D eigenvalue weighted by Crippen LogP contribution is 2.36. The lowest BCUT2D eigenvalue weighted by molar-refractivity contribution is -0.138. The van der Waals surface area contributed by atoms with Crippen molar-refractivity contribution in [2.75, 3.05) is 17.7 Å². The molecule has 11 heteroatoms. The summed E-state index contributed by atoms with van der Waals surface area (Å²) in [5.74, 6) is 0.232. The number of hydrogen-bond acceptors (Lipinski definition) is 4. The van der Waals surface area contributed by atoms with Crippen LogP contribution in [0, 0.1) is 0 Å². The van der Waals surface area contributed by atoms with Crippen molar-refractivity contribution in [3.05, 3.63) is 76.5 Å². The topological polar surface area (TPSA) is 92.3 Å². The smallest absolute Gasteiger partial charge is 0.417 e. The van der Waals surface area contributed by atoms with Gasteiger partial charge in [0, 0.05) is 29.1 Å². The number of carbonyl (C=O) groups excluding carboxylic acids is 2. The van der Waals surface area contributed by atoms with Crippen LogP contribution < -0.4 is 20.7 Å². The molecule has 0 aliphatic rings. The molecule has 2 aromatic carbocycles. The molecule has 0 fully saturated rings. The van der Waals surface area contributed by atoms with Gasteiger partial charge in [-0.3, -0.25) is 4.79 Å². The number of hydrogen-bond donors (Lipinski definition) is 3. The van der Waals surface area contributed by atoms with Crippen molar-refractivity contribution in [3.8, 4) is 11.5 Å². The molecule has 7 nitrogen and oxygen atoms in total. The minimum Gasteiger partial charge on any atom is -0.455 e. The number of halogens is 4. The fraction of sp³-hybridized carbons (Fsp3) is 0.0952. The molecule has 1 aromatic heterocycles. The third-order valence-corrected chi connectivity index (χ3v) is 4.77.